The van der Waals surface area contributed by atoms with E-state index in [1.54, 1.807) is 0 Å². The fourth-order valence-corrected chi connectivity index (χ4v) is 0.277. The summed E-state index contributed by atoms with van der Waals surface area (Å²) in [7, 11) is 0. The minimum Gasteiger partial charge on any atom is -0.390 e. The lowest BCUT2D eigenvalue weighted by molar-refractivity contribution is 0.165. The van der Waals surface area contributed by atoms with Crippen molar-refractivity contribution >= 4 is 22.6 Å². The van der Waals surface area contributed by atoms with Crippen LogP contribution in [0.1, 0.15) is 0 Å². The summed E-state index contributed by atoms with van der Waals surface area (Å²) in [5, 5.41) is 8.28. The molecule has 0 fully saturated rings. The summed E-state index contributed by atoms with van der Waals surface area (Å²) in [4.78, 5) is 0. The van der Waals surface area contributed by atoms with Gasteiger partial charge in [0.05, 0.1) is 6.10 Å². The third-order valence-corrected chi connectivity index (χ3v) is 1.37. The van der Waals surface area contributed by atoms with Crippen LogP contribution in [0.5, 0.6) is 0 Å². The Morgan fingerprint density at radius 3 is 2.33 bits per heavy atom. The van der Waals surface area contributed by atoms with E-state index < -0.39 is 12.8 Å². The summed E-state index contributed by atoms with van der Waals surface area (Å²) in [5.41, 5.74) is 0. The molecule has 1 atom stereocenters. The van der Waals surface area contributed by atoms with Crippen LogP contribution in [-0.4, -0.2) is 22.3 Å². The Kier molecular flexibility index (Phi) is 4.19. The van der Waals surface area contributed by atoms with Crippen molar-refractivity contribution in [3.8, 4) is 0 Å². The maximum Gasteiger partial charge on any atom is 0.116 e. The lowest BCUT2D eigenvalue weighted by Gasteiger charge is -1.94. The van der Waals surface area contributed by atoms with Crippen LogP contribution in [0.15, 0.2) is 0 Å². The molecule has 1 N–H and O–H groups in total. The monoisotopic (exact) mass is 204 g/mol. The fourth-order valence-electron chi connectivity index (χ4n) is 0.0412. The van der Waals surface area contributed by atoms with E-state index in [0.29, 0.717) is 4.43 Å². The standard InChI is InChI=1S/C3H6FIO/c4-1-3(6)2-5/h3,6H,1-2H2. The van der Waals surface area contributed by atoms with Crippen LogP contribution >= 0.6 is 22.6 Å². The van der Waals surface area contributed by atoms with Gasteiger partial charge in [-0.1, -0.05) is 22.6 Å². The maximum atomic E-state index is 11.1. The molecule has 0 radical (unpaired) electrons. The van der Waals surface area contributed by atoms with Crippen LogP contribution in [0.25, 0.3) is 0 Å². The van der Waals surface area contributed by atoms with Gasteiger partial charge in [-0.25, -0.2) is 4.39 Å². The summed E-state index contributed by atoms with van der Waals surface area (Å²) < 4.78 is 11.6. The highest BCUT2D eigenvalue weighted by atomic mass is 127. The summed E-state index contributed by atoms with van der Waals surface area (Å²) in [6, 6.07) is 0. The number of aliphatic hydroxyl groups is 1. The minimum atomic E-state index is -0.745. The molecule has 1 nitrogen and oxygen atoms in total. The van der Waals surface area contributed by atoms with E-state index in [9.17, 15) is 4.39 Å². The number of hydrogen-bond donors (Lipinski definition) is 1. The molecule has 0 amide bonds. The quantitative estimate of drug-likeness (QED) is 0.519. The van der Waals surface area contributed by atoms with Crippen LogP contribution in [0.2, 0.25) is 0 Å². The van der Waals surface area contributed by atoms with E-state index in [2.05, 4.69) is 0 Å². The molecule has 0 rings (SSSR count). The first-order valence-corrected chi connectivity index (χ1v) is 3.13. The topological polar surface area (TPSA) is 20.2 Å². The molecule has 1 unspecified atom stereocenters. The molecule has 3 heteroatoms. The SMILES string of the molecule is OC(CF)CI. The van der Waals surface area contributed by atoms with Crippen molar-refractivity contribution in [2.75, 3.05) is 11.1 Å². The van der Waals surface area contributed by atoms with E-state index in [0.717, 1.165) is 0 Å². The van der Waals surface area contributed by atoms with Gasteiger partial charge in [0.25, 0.3) is 0 Å². The van der Waals surface area contributed by atoms with Gasteiger partial charge in [-0.2, -0.15) is 0 Å². The second-order valence-electron chi connectivity index (χ2n) is 0.962. The Morgan fingerprint density at radius 1 is 1.83 bits per heavy atom. The zero-order valence-electron chi connectivity index (χ0n) is 3.19. The summed E-state index contributed by atoms with van der Waals surface area (Å²) in [6.45, 7) is -0.622. The van der Waals surface area contributed by atoms with Gasteiger partial charge in [-0.15, -0.1) is 0 Å². The van der Waals surface area contributed by atoms with Crippen molar-refractivity contribution in [1.29, 1.82) is 0 Å². The first-order valence-electron chi connectivity index (χ1n) is 1.61. The van der Waals surface area contributed by atoms with Gasteiger partial charge in [0.15, 0.2) is 0 Å². The van der Waals surface area contributed by atoms with Gasteiger partial charge in [-0.3, -0.25) is 0 Å². The molecular weight excluding hydrogens is 198 g/mol. The average Bonchev–Trinajstić information content (AvgIpc) is 1.65. The third kappa shape index (κ3) is 2.84. The Hall–Kier alpha value is 0.620. The minimum absolute atomic E-state index is 0.480. The third-order valence-electron chi connectivity index (χ3n) is 0.356. The van der Waals surface area contributed by atoms with Gasteiger partial charge in [-0.05, 0) is 0 Å². The summed E-state index contributed by atoms with van der Waals surface area (Å²) in [5.74, 6) is 0. The number of rotatable bonds is 2. The van der Waals surface area contributed by atoms with Crippen molar-refractivity contribution in [2.45, 2.75) is 6.10 Å². The molecule has 0 heterocycles. The second-order valence-corrected chi connectivity index (χ2v) is 1.84. The second kappa shape index (κ2) is 3.80. The van der Waals surface area contributed by atoms with E-state index in [-0.39, 0.29) is 0 Å². The average molecular weight is 204 g/mol. The molecule has 0 bridgehead atoms. The molecule has 0 spiro atoms. The van der Waals surface area contributed by atoms with E-state index in [4.69, 9.17) is 5.11 Å². The normalized spacial score (nSPS) is 14.5. The molecule has 0 aliphatic carbocycles. The fraction of sp³-hybridized carbons (Fsp3) is 1.00. The number of halogens is 2. The van der Waals surface area contributed by atoms with E-state index in [1.165, 1.54) is 0 Å². The Morgan fingerprint density at radius 2 is 2.33 bits per heavy atom. The first kappa shape index (κ1) is 6.62. The van der Waals surface area contributed by atoms with Gasteiger partial charge < -0.3 is 5.11 Å². The maximum absolute atomic E-state index is 11.1. The number of alkyl halides is 2. The van der Waals surface area contributed by atoms with Crippen LogP contribution in [0.4, 0.5) is 4.39 Å². The Bertz CT molecular complexity index is 30.0. The predicted molar refractivity (Wildman–Crippen MR) is 30.9 cm³/mol. The lowest BCUT2D eigenvalue weighted by Crippen LogP contribution is -2.08. The van der Waals surface area contributed by atoms with Gasteiger partial charge in [0.2, 0.25) is 0 Å². The van der Waals surface area contributed by atoms with Crippen molar-refractivity contribution in [2.24, 2.45) is 0 Å². The molecule has 0 saturated heterocycles. The van der Waals surface area contributed by atoms with Crippen molar-refractivity contribution < 1.29 is 9.50 Å². The molecule has 0 aromatic rings. The van der Waals surface area contributed by atoms with Crippen molar-refractivity contribution in [3.63, 3.8) is 0 Å². The number of hydrogen-bond acceptors (Lipinski definition) is 1. The molecule has 0 aliphatic rings. The van der Waals surface area contributed by atoms with Crippen LogP contribution in [0, 0.1) is 0 Å². The zero-order valence-corrected chi connectivity index (χ0v) is 5.35. The predicted octanol–water partition coefficient (Wildman–Crippen LogP) is 0.752. The highest BCUT2D eigenvalue weighted by Crippen LogP contribution is 1.89. The Labute approximate surface area is 49.7 Å². The summed E-state index contributed by atoms with van der Waals surface area (Å²) >= 11 is 1.92. The van der Waals surface area contributed by atoms with Gasteiger partial charge in [0, 0.05) is 4.43 Å². The lowest BCUT2D eigenvalue weighted by atomic mass is 10.5. The molecule has 0 aromatic heterocycles. The van der Waals surface area contributed by atoms with Crippen molar-refractivity contribution in [3.05, 3.63) is 0 Å². The smallest absolute Gasteiger partial charge is 0.116 e. The Balaban J connectivity index is 2.75. The molecule has 38 valence electrons. The summed E-state index contributed by atoms with van der Waals surface area (Å²) in [6.07, 6.45) is -0.745. The van der Waals surface area contributed by atoms with E-state index in [1.807, 2.05) is 22.6 Å². The molecule has 6 heavy (non-hydrogen) atoms. The highest BCUT2D eigenvalue weighted by Gasteiger charge is 1.95. The van der Waals surface area contributed by atoms with Crippen LogP contribution < -0.4 is 0 Å². The first-order chi connectivity index (χ1) is 2.81. The molecule has 0 aromatic carbocycles. The van der Waals surface area contributed by atoms with Crippen LogP contribution in [-0.2, 0) is 0 Å². The highest BCUT2D eigenvalue weighted by molar-refractivity contribution is 14.1. The largest absolute Gasteiger partial charge is 0.390 e. The molecule has 0 aliphatic heterocycles. The van der Waals surface area contributed by atoms with Crippen LogP contribution in [0.3, 0.4) is 0 Å². The molecular formula is C3H6FIO. The van der Waals surface area contributed by atoms with Crippen molar-refractivity contribution in [1.82, 2.24) is 0 Å². The van der Waals surface area contributed by atoms with E-state index >= 15 is 0 Å². The van der Waals surface area contributed by atoms with Gasteiger partial charge >= 0.3 is 0 Å². The molecule has 0 saturated carbocycles. The zero-order chi connectivity index (χ0) is 4.99. The van der Waals surface area contributed by atoms with Gasteiger partial charge in [0.1, 0.15) is 6.67 Å². The number of aliphatic hydroxyl groups excluding tert-OH is 1.